The van der Waals surface area contributed by atoms with Crippen molar-refractivity contribution in [2.45, 2.75) is 0 Å². The van der Waals surface area contributed by atoms with Gasteiger partial charge < -0.3 is 10.6 Å². The Hall–Kier alpha value is -1.03. The normalized spacial score (nSPS) is 8.92. The maximum absolute atomic E-state index is 12.4. The van der Waals surface area contributed by atoms with Gasteiger partial charge in [-0.1, -0.05) is 0 Å². The van der Waals surface area contributed by atoms with Crippen LogP contribution in [0.4, 0.5) is 15.9 Å². The molecule has 1 heterocycles. The molecular weight excluding hydrogens is 181 g/mol. The fraction of sp³-hybridized carbons (Fsp3) is 0.286. The molecule has 0 amide bonds. The number of pyridine rings is 1. The Balaban J connectivity index is 0.00000121. The molecule has 5 heteroatoms. The largest absolute Gasteiger partial charge is 0.396 e. The molecule has 0 aliphatic carbocycles. The van der Waals surface area contributed by atoms with Crippen LogP contribution in [0.2, 0.25) is 0 Å². The zero-order valence-electron chi connectivity index (χ0n) is 6.91. The van der Waals surface area contributed by atoms with Gasteiger partial charge in [0.1, 0.15) is 5.82 Å². The van der Waals surface area contributed by atoms with Crippen LogP contribution in [-0.4, -0.2) is 19.1 Å². The van der Waals surface area contributed by atoms with Crippen molar-refractivity contribution in [3.63, 3.8) is 0 Å². The Morgan fingerprint density at radius 3 is 2.50 bits per heavy atom. The summed E-state index contributed by atoms with van der Waals surface area (Å²) in [5.41, 5.74) is 5.83. The highest BCUT2D eigenvalue weighted by Gasteiger charge is 2.02. The molecule has 1 rings (SSSR count). The first-order chi connectivity index (χ1) is 5.11. The van der Waals surface area contributed by atoms with Crippen molar-refractivity contribution in [1.82, 2.24) is 4.98 Å². The molecule has 3 nitrogen and oxygen atoms in total. The molecule has 0 aliphatic heterocycles. The number of anilines is 2. The van der Waals surface area contributed by atoms with Gasteiger partial charge >= 0.3 is 0 Å². The minimum absolute atomic E-state index is 0. The van der Waals surface area contributed by atoms with E-state index in [0.717, 1.165) is 6.20 Å². The van der Waals surface area contributed by atoms with Crippen molar-refractivity contribution in [3.8, 4) is 0 Å². The third-order valence-corrected chi connectivity index (χ3v) is 1.29. The van der Waals surface area contributed by atoms with Crippen LogP contribution >= 0.6 is 12.4 Å². The van der Waals surface area contributed by atoms with Crippen LogP contribution in [0.3, 0.4) is 0 Å². The minimum atomic E-state index is -0.409. The molecule has 12 heavy (non-hydrogen) atoms. The van der Waals surface area contributed by atoms with Crippen molar-refractivity contribution < 1.29 is 4.39 Å². The number of nitrogens with two attached hydrogens (primary N) is 1. The van der Waals surface area contributed by atoms with Crippen LogP contribution in [-0.2, 0) is 0 Å². The van der Waals surface area contributed by atoms with E-state index in [-0.39, 0.29) is 12.4 Å². The zero-order valence-corrected chi connectivity index (χ0v) is 7.73. The van der Waals surface area contributed by atoms with E-state index in [2.05, 4.69) is 4.98 Å². The summed E-state index contributed by atoms with van der Waals surface area (Å²) >= 11 is 0. The van der Waals surface area contributed by atoms with Crippen molar-refractivity contribution in [3.05, 3.63) is 18.1 Å². The number of hydrogen-bond acceptors (Lipinski definition) is 3. The highest BCUT2D eigenvalue weighted by molar-refractivity contribution is 5.85. The molecule has 0 aromatic carbocycles. The van der Waals surface area contributed by atoms with E-state index >= 15 is 0 Å². The molecule has 0 aliphatic rings. The van der Waals surface area contributed by atoms with E-state index in [1.54, 1.807) is 19.0 Å². The van der Waals surface area contributed by atoms with E-state index < -0.39 is 5.82 Å². The van der Waals surface area contributed by atoms with Gasteiger partial charge in [-0.05, 0) is 0 Å². The van der Waals surface area contributed by atoms with Gasteiger partial charge in [0.15, 0.2) is 5.82 Å². The van der Waals surface area contributed by atoms with Crippen LogP contribution in [0.25, 0.3) is 0 Å². The predicted octanol–water partition coefficient (Wildman–Crippen LogP) is 1.29. The van der Waals surface area contributed by atoms with E-state index in [0.29, 0.717) is 11.5 Å². The molecule has 0 atom stereocenters. The Bertz CT molecular complexity index is 265. The van der Waals surface area contributed by atoms with Gasteiger partial charge in [-0.15, -0.1) is 12.4 Å². The molecule has 0 radical (unpaired) electrons. The zero-order chi connectivity index (χ0) is 8.43. The standard InChI is InChI=1S/C7H10FN3.ClH/c1-11(2)7-6(9)3-5(8)4-10-7;/h3-4H,9H2,1-2H3;1H. The van der Waals surface area contributed by atoms with Crippen LogP contribution < -0.4 is 10.6 Å². The summed E-state index contributed by atoms with van der Waals surface area (Å²) < 4.78 is 12.4. The average molecular weight is 192 g/mol. The highest BCUT2D eigenvalue weighted by atomic mass is 35.5. The Kier molecular flexibility index (Phi) is 3.76. The maximum atomic E-state index is 12.4. The minimum Gasteiger partial charge on any atom is -0.396 e. The average Bonchev–Trinajstić information content (AvgIpc) is 1.85. The van der Waals surface area contributed by atoms with E-state index in [1.807, 2.05) is 0 Å². The molecule has 1 aromatic rings. The quantitative estimate of drug-likeness (QED) is 0.728. The first kappa shape index (κ1) is 11.0. The van der Waals surface area contributed by atoms with Crippen molar-refractivity contribution in [2.24, 2.45) is 0 Å². The van der Waals surface area contributed by atoms with Crippen molar-refractivity contribution in [1.29, 1.82) is 0 Å². The molecule has 0 bridgehead atoms. The summed E-state index contributed by atoms with van der Waals surface area (Å²) in [7, 11) is 3.60. The fourth-order valence-electron chi connectivity index (χ4n) is 0.821. The molecular formula is C7H11ClFN3. The predicted molar refractivity (Wildman–Crippen MR) is 50.2 cm³/mol. The number of aromatic nitrogens is 1. The van der Waals surface area contributed by atoms with Gasteiger partial charge in [-0.2, -0.15) is 0 Å². The molecule has 0 spiro atoms. The molecule has 0 saturated heterocycles. The van der Waals surface area contributed by atoms with Crippen molar-refractivity contribution in [2.75, 3.05) is 24.7 Å². The lowest BCUT2D eigenvalue weighted by Gasteiger charge is -2.12. The summed E-state index contributed by atoms with van der Waals surface area (Å²) in [5.74, 6) is 0.180. The summed E-state index contributed by atoms with van der Waals surface area (Å²) in [6.45, 7) is 0. The van der Waals surface area contributed by atoms with Gasteiger partial charge in [0.05, 0.1) is 11.9 Å². The summed E-state index contributed by atoms with van der Waals surface area (Å²) in [4.78, 5) is 5.53. The van der Waals surface area contributed by atoms with Gasteiger partial charge in [0.25, 0.3) is 0 Å². The van der Waals surface area contributed by atoms with Crippen molar-refractivity contribution >= 4 is 23.9 Å². The third kappa shape index (κ3) is 2.23. The Labute approximate surface area is 76.8 Å². The second-order valence-electron chi connectivity index (χ2n) is 2.46. The molecule has 68 valence electrons. The molecule has 0 unspecified atom stereocenters. The maximum Gasteiger partial charge on any atom is 0.151 e. The molecule has 0 fully saturated rings. The molecule has 1 aromatic heterocycles. The van der Waals surface area contributed by atoms with Gasteiger partial charge in [-0.25, -0.2) is 9.37 Å². The van der Waals surface area contributed by atoms with Crippen LogP contribution in [0.1, 0.15) is 0 Å². The molecule has 0 saturated carbocycles. The van der Waals surface area contributed by atoms with Crippen LogP contribution in [0.15, 0.2) is 12.3 Å². The number of halogens is 2. The van der Waals surface area contributed by atoms with E-state index in [4.69, 9.17) is 5.73 Å². The summed E-state index contributed by atoms with van der Waals surface area (Å²) in [5, 5.41) is 0. The summed E-state index contributed by atoms with van der Waals surface area (Å²) in [6, 6.07) is 1.25. The lowest BCUT2D eigenvalue weighted by Crippen LogP contribution is -2.13. The van der Waals surface area contributed by atoms with Crippen LogP contribution in [0.5, 0.6) is 0 Å². The van der Waals surface area contributed by atoms with Gasteiger partial charge in [0.2, 0.25) is 0 Å². The van der Waals surface area contributed by atoms with Crippen LogP contribution in [0, 0.1) is 5.82 Å². The summed E-state index contributed by atoms with van der Waals surface area (Å²) in [6.07, 6.45) is 1.14. The number of nitrogens with zero attached hydrogens (tertiary/aromatic N) is 2. The third-order valence-electron chi connectivity index (χ3n) is 1.29. The fourth-order valence-corrected chi connectivity index (χ4v) is 0.821. The lowest BCUT2D eigenvalue weighted by atomic mass is 10.4. The van der Waals surface area contributed by atoms with E-state index in [1.165, 1.54) is 6.07 Å². The van der Waals surface area contributed by atoms with E-state index in [9.17, 15) is 4.39 Å². The first-order valence-electron chi connectivity index (χ1n) is 3.19. The Morgan fingerprint density at radius 2 is 2.08 bits per heavy atom. The SMILES string of the molecule is CN(C)c1ncc(F)cc1N.Cl. The topological polar surface area (TPSA) is 42.2 Å². The monoisotopic (exact) mass is 191 g/mol. The smallest absolute Gasteiger partial charge is 0.151 e. The Morgan fingerprint density at radius 1 is 1.50 bits per heavy atom. The molecule has 2 N–H and O–H groups in total. The highest BCUT2D eigenvalue weighted by Crippen LogP contribution is 2.17. The van der Waals surface area contributed by atoms with Gasteiger partial charge in [-0.3, -0.25) is 0 Å². The van der Waals surface area contributed by atoms with Gasteiger partial charge in [0, 0.05) is 20.2 Å². The second-order valence-corrected chi connectivity index (χ2v) is 2.46. The number of rotatable bonds is 1. The second kappa shape index (κ2) is 4.11. The number of nitrogen functional groups attached to an aromatic ring is 1. The lowest BCUT2D eigenvalue weighted by molar-refractivity contribution is 0.622. The first-order valence-corrected chi connectivity index (χ1v) is 3.19. The number of hydrogen-bond donors (Lipinski definition) is 1.